The van der Waals surface area contributed by atoms with Crippen LogP contribution < -0.4 is 0 Å². The van der Waals surface area contributed by atoms with Crippen molar-refractivity contribution in [3.63, 3.8) is 0 Å². The van der Waals surface area contributed by atoms with E-state index in [1.807, 2.05) is 0 Å². The number of phosphoric ester groups is 2. The quantitative estimate of drug-likeness (QED) is 0.153. The average Bonchev–Trinajstić information content (AvgIpc) is 2.67. The van der Waals surface area contributed by atoms with E-state index in [9.17, 15) is 50.0 Å². The van der Waals surface area contributed by atoms with Gasteiger partial charge in [0.05, 0.1) is 0 Å². The lowest BCUT2D eigenvalue weighted by atomic mass is 9.85. The van der Waals surface area contributed by atoms with Crippen LogP contribution in [0.3, 0.4) is 0 Å². The Labute approximate surface area is 178 Å². The summed E-state index contributed by atoms with van der Waals surface area (Å²) in [5.41, 5.74) is 0. The number of aliphatic hydroxyl groups excluding tert-OH is 10. The van der Waals surface area contributed by atoms with Crippen LogP contribution in [0.4, 0.5) is 0 Å². The zero-order valence-electron chi connectivity index (χ0n) is 15.7. The van der Waals surface area contributed by atoms with Crippen LogP contribution in [0.1, 0.15) is 0 Å². The van der Waals surface area contributed by atoms with E-state index >= 15 is 0 Å². The monoisotopic (exact) mass is 520 g/mol. The minimum absolute atomic E-state index is 1.83. The van der Waals surface area contributed by atoms with Crippen molar-refractivity contribution in [2.24, 2.45) is 0 Å². The van der Waals surface area contributed by atoms with Gasteiger partial charge < -0.3 is 70.6 Å². The van der Waals surface area contributed by atoms with Crippen LogP contribution in [0.2, 0.25) is 0 Å². The summed E-state index contributed by atoms with van der Waals surface area (Å²) in [6.07, 6.45) is -22.7. The fourth-order valence-electron chi connectivity index (χ4n) is 2.96. The highest BCUT2D eigenvalue weighted by Gasteiger charge is 2.52. The third-order valence-electron chi connectivity index (χ3n) is 4.66. The lowest BCUT2D eigenvalue weighted by Gasteiger charge is -2.41. The summed E-state index contributed by atoms with van der Waals surface area (Å²) >= 11 is 0. The standard InChI is InChI=1S/2C6H13O9P/c2*7-1-2(8)4(10)6(5(11)3(1)9)15-16(12,13)14/h2*1-11H,(H2,12,13,14)/t1?,2-,3+,4-,5-,6?;/m0./s1. The maximum Gasteiger partial charge on any atom is 0.470 e. The maximum atomic E-state index is 10.5. The second-order valence-electron chi connectivity index (χ2n) is 7.03. The molecule has 18 nitrogen and oxygen atoms in total. The van der Waals surface area contributed by atoms with Gasteiger partial charge in [-0.1, -0.05) is 0 Å². The van der Waals surface area contributed by atoms with Gasteiger partial charge in [0, 0.05) is 0 Å². The lowest BCUT2D eigenvalue weighted by molar-refractivity contribution is -0.219. The Morgan fingerprint density at radius 2 is 0.531 bits per heavy atom. The summed E-state index contributed by atoms with van der Waals surface area (Å²) in [6, 6.07) is 0. The summed E-state index contributed by atoms with van der Waals surface area (Å²) in [5, 5.41) is 92.3. The van der Waals surface area contributed by atoms with Crippen LogP contribution in [0, 0.1) is 0 Å². The third-order valence-corrected chi connectivity index (χ3v) is 5.70. The summed E-state index contributed by atoms with van der Waals surface area (Å²) in [4.78, 5) is 33.9. The molecule has 2 saturated carbocycles. The van der Waals surface area contributed by atoms with E-state index in [1.54, 1.807) is 0 Å². The van der Waals surface area contributed by atoms with Crippen molar-refractivity contribution in [3.8, 4) is 0 Å². The molecule has 10 atom stereocenters. The van der Waals surface area contributed by atoms with Crippen LogP contribution >= 0.6 is 15.6 Å². The first-order valence-corrected chi connectivity index (χ1v) is 11.6. The molecule has 6 unspecified atom stereocenters. The molecule has 0 spiro atoms. The minimum Gasteiger partial charge on any atom is -0.387 e. The number of aliphatic hydroxyl groups is 10. The fourth-order valence-corrected chi connectivity index (χ4v) is 4.09. The van der Waals surface area contributed by atoms with E-state index in [4.69, 9.17) is 29.8 Å². The Kier molecular flexibility index (Phi) is 10.3. The Morgan fingerprint density at radius 3 is 0.688 bits per heavy atom. The van der Waals surface area contributed by atoms with Crippen molar-refractivity contribution in [2.45, 2.75) is 73.2 Å². The fraction of sp³-hybridized carbons (Fsp3) is 1.00. The van der Waals surface area contributed by atoms with E-state index in [0.29, 0.717) is 0 Å². The van der Waals surface area contributed by atoms with Crippen LogP contribution in [-0.4, -0.2) is 144 Å². The van der Waals surface area contributed by atoms with Crippen molar-refractivity contribution in [1.82, 2.24) is 0 Å². The van der Waals surface area contributed by atoms with Gasteiger partial charge in [0.1, 0.15) is 73.2 Å². The lowest BCUT2D eigenvalue weighted by Crippen LogP contribution is -2.64. The SMILES string of the molecule is O=P(O)(O)OC1C(O)C(O)C(O)C(O)C1O.O=P(O)(O)OC1[C@@H](O)[C@H](O)C(O)[C@H](O)[C@@H]1O. The van der Waals surface area contributed by atoms with Crippen molar-refractivity contribution in [1.29, 1.82) is 0 Å². The molecule has 0 aromatic carbocycles. The molecular formula is C12H26O18P2. The molecule has 0 saturated heterocycles. The highest BCUT2D eigenvalue weighted by Crippen LogP contribution is 2.42. The molecule has 0 aliphatic heterocycles. The first-order valence-electron chi connectivity index (χ1n) is 8.58. The summed E-state index contributed by atoms with van der Waals surface area (Å²) in [5.74, 6) is 0. The molecule has 0 aromatic heterocycles. The van der Waals surface area contributed by atoms with Crippen LogP contribution in [0.15, 0.2) is 0 Å². The van der Waals surface area contributed by atoms with E-state index in [1.165, 1.54) is 0 Å². The molecule has 192 valence electrons. The van der Waals surface area contributed by atoms with Crippen molar-refractivity contribution < 1.29 is 88.8 Å². The molecule has 0 aromatic rings. The van der Waals surface area contributed by atoms with Gasteiger partial charge in [0.2, 0.25) is 0 Å². The highest BCUT2D eigenvalue weighted by molar-refractivity contribution is 7.46. The van der Waals surface area contributed by atoms with Crippen molar-refractivity contribution >= 4 is 15.6 Å². The first-order chi connectivity index (χ1) is 14.3. The molecule has 2 aliphatic rings. The molecule has 0 radical (unpaired) electrons. The topological polar surface area (TPSA) is 336 Å². The molecule has 0 bridgehead atoms. The molecule has 2 fully saturated rings. The van der Waals surface area contributed by atoms with E-state index < -0.39 is 88.9 Å². The Hall–Kier alpha value is -0.180. The Morgan fingerprint density at radius 1 is 0.375 bits per heavy atom. The Balaban J connectivity index is 0.000000320. The van der Waals surface area contributed by atoms with Crippen LogP contribution in [0.25, 0.3) is 0 Å². The molecule has 20 heteroatoms. The molecular weight excluding hydrogens is 494 g/mol. The molecule has 32 heavy (non-hydrogen) atoms. The predicted molar refractivity (Wildman–Crippen MR) is 93.9 cm³/mol. The van der Waals surface area contributed by atoms with Gasteiger partial charge in [-0.15, -0.1) is 0 Å². The highest BCUT2D eigenvalue weighted by atomic mass is 31.2. The van der Waals surface area contributed by atoms with Crippen LogP contribution in [0.5, 0.6) is 0 Å². The van der Waals surface area contributed by atoms with Crippen molar-refractivity contribution in [2.75, 3.05) is 0 Å². The summed E-state index contributed by atoms with van der Waals surface area (Å²) < 4.78 is 29.1. The number of hydrogen-bond donors (Lipinski definition) is 14. The third kappa shape index (κ3) is 7.41. The molecule has 2 aliphatic carbocycles. The van der Waals surface area contributed by atoms with Crippen LogP contribution in [-0.2, 0) is 18.2 Å². The zero-order valence-corrected chi connectivity index (χ0v) is 17.5. The largest absolute Gasteiger partial charge is 0.470 e. The second-order valence-corrected chi connectivity index (χ2v) is 9.41. The number of rotatable bonds is 4. The van der Waals surface area contributed by atoms with Crippen molar-refractivity contribution in [3.05, 3.63) is 0 Å². The van der Waals surface area contributed by atoms with Gasteiger partial charge in [-0.3, -0.25) is 9.05 Å². The van der Waals surface area contributed by atoms with Gasteiger partial charge >= 0.3 is 15.6 Å². The van der Waals surface area contributed by atoms with Gasteiger partial charge in [-0.2, -0.15) is 0 Å². The Bertz CT molecular complexity index is 605. The molecule has 2 rings (SSSR count). The number of hydrogen-bond acceptors (Lipinski definition) is 14. The number of phosphoric acid groups is 2. The summed E-state index contributed by atoms with van der Waals surface area (Å²) in [6.45, 7) is 0. The molecule has 0 heterocycles. The minimum atomic E-state index is -5.01. The normalized spacial score (nSPS) is 45.7. The van der Waals surface area contributed by atoms with Gasteiger partial charge in [0.25, 0.3) is 0 Å². The maximum absolute atomic E-state index is 10.5. The average molecular weight is 520 g/mol. The van der Waals surface area contributed by atoms with E-state index in [2.05, 4.69) is 9.05 Å². The van der Waals surface area contributed by atoms with Gasteiger partial charge in [-0.05, 0) is 0 Å². The second kappa shape index (κ2) is 11.0. The van der Waals surface area contributed by atoms with E-state index in [0.717, 1.165) is 0 Å². The van der Waals surface area contributed by atoms with Gasteiger partial charge in [-0.25, -0.2) is 9.13 Å². The van der Waals surface area contributed by atoms with Gasteiger partial charge in [0.15, 0.2) is 0 Å². The van der Waals surface area contributed by atoms with E-state index in [-0.39, 0.29) is 0 Å². The predicted octanol–water partition coefficient (Wildman–Crippen LogP) is -7.44. The first kappa shape index (κ1) is 29.9. The molecule has 0 amide bonds. The zero-order chi connectivity index (χ0) is 25.3. The molecule has 14 N–H and O–H groups in total. The smallest absolute Gasteiger partial charge is 0.387 e. The summed E-state index contributed by atoms with van der Waals surface area (Å²) in [7, 11) is -10.0.